The Kier molecular flexibility index (Phi) is 5.33. The Labute approximate surface area is 187 Å². The monoisotopic (exact) mass is 451 g/mol. The molecule has 0 bridgehead atoms. The summed E-state index contributed by atoms with van der Waals surface area (Å²) < 4.78 is 6.78. The number of likely N-dealkylation sites (tertiary alicyclic amines) is 1. The average Bonchev–Trinajstić information content (AvgIpc) is 3.55. The van der Waals surface area contributed by atoms with E-state index >= 15 is 0 Å². The number of hydrogen-bond acceptors (Lipinski definition) is 6. The molecule has 5 rings (SSSR count). The van der Waals surface area contributed by atoms with E-state index in [1.54, 1.807) is 18.4 Å². The first-order valence-corrected chi connectivity index (χ1v) is 11.9. The van der Waals surface area contributed by atoms with E-state index < -0.39 is 0 Å². The summed E-state index contributed by atoms with van der Waals surface area (Å²) in [7, 11) is 1.64. The van der Waals surface area contributed by atoms with Crippen molar-refractivity contribution in [2.24, 2.45) is 0 Å². The smallest absolute Gasteiger partial charge is 0.263 e. The molecular weight excluding hydrogens is 430 g/mol. The molecule has 0 radical (unpaired) electrons. The molecule has 1 unspecified atom stereocenters. The van der Waals surface area contributed by atoms with Crippen LogP contribution in [0.5, 0.6) is 5.75 Å². The average molecular weight is 452 g/mol. The third-order valence-corrected chi connectivity index (χ3v) is 7.49. The van der Waals surface area contributed by atoms with Gasteiger partial charge >= 0.3 is 0 Å². The molecule has 8 heteroatoms. The first-order valence-electron chi connectivity index (χ1n) is 10.1. The van der Waals surface area contributed by atoms with Gasteiger partial charge in [0.05, 0.1) is 24.9 Å². The van der Waals surface area contributed by atoms with E-state index in [2.05, 4.69) is 4.98 Å². The number of rotatable bonds is 5. The van der Waals surface area contributed by atoms with E-state index in [1.807, 2.05) is 52.1 Å². The van der Waals surface area contributed by atoms with E-state index in [0.717, 1.165) is 34.6 Å². The summed E-state index contributed by atoms with van der Waals surface area (Å²) in [6.45, 7) is 0.673. The summed E-state index contributed by atoms with van der Waals surface area (Å²) in [5.74, 6) is 0.711. The van der Waals surface area contributed by atoms with E-state index in [-0.39, 0.29) is 24.1 Å². The number of benzene rings is 1. The maximum absolute atomic E-state index is 13.2. The SMILES string of the molecule is COc1cccc(C2CCCN2C(=O)Cn2cnc3scc(-c4cccs4)c3c2=O)c1. The normalized spacial score (nSPS) is 16.2. The predicted octanol–water partition coefficient (Wildman–Crippen LogP) is 4.56. The van der Waals surface area contributed by atoms with Crippen molar-refractivity contribution < 1.29 is 9.53 Å². The molecule has 3 aromatic heterocycles. The third kappa shape index (κ3) is 3.66. The molecule has 0 aliphatic carbocycles. The molecule has 1 aliphatic rings. The quantitative estimate of drug-likeness (QED) is 0.446. The Balaban J connectivity index is 1.44. The van der Waals surface area contributed by atoms with Gasteiger partial charge in [0.25, 0.3) is 5.56 Å². The van der Waals surface area contributed by atoms with Crippen LogP contribution in [0.2, 0.25) is 0 Å². The molecule has 0 spiro atoms. The minimum Gasteiger partial charge on any atom is -0.497 e. The topological polar surface area (TPSA) is 64.4 Å². The number of hydrogen-bond donors (Lipinski definition) is 0. The van der Waals surface area contributed by atoms with Gasteiger partial charge in [-0.2, -0.15) is 0 Å². The Bertz CT molecular complexity index is 1290. The van der Waals surface area contributed by atoms with Gasteiger partial charge in [0, 0.05) is 22.4 Å². The molecule has 1 saturated heterocycles. The van der Waals surface area contributed by atoms with Crippen LogP contribution in [0.25, 0.3) is 20.7 Å². The van der Waals surface area contributed by atoms with Crippen LogP contribution in [0.1, 0.15) is 24.4 Å². The summed E-state index contributed by atoms with van der Waals surface area (Å²) >= 11 is 3.05. The van der Waals surface area contributed by atoms with Crippen molar-refractivity contribution in [2.75, 3.05) is 13.7 Å². The lowest BCUT2D eigenvalue weighted by molar-refractivity contribution is -0.132. The first kappa shape index (κ1) is 20.0. The predicted molar refractivity (Wildman–Crippen MR) is 124 cm³/mol. The summed E-state index contributed by atoms with van der Waals surface area (Å²) in [4.78, 5) is 34.5. The fourth-order valence-corrected chi connectivity index (χ4v) is 5.91. The molecule has 0 N–H and O–H groups in total. The molecule has 4 aromatic rings. The maximum Gasteiger partial charge on any atom is 0.263 e. The number of aromatic nitrogens is 2. The minimum absolute atomic E-state index is 0.00202. The summed E-state index contributed by atoms with van der Waals surface area (Å²) in [5.41, 5.74) is 1.79. The second-order valence-corrected chi connectivity index (χ2v) is 9.31. The Morgan fingerprint density at radius 3 is 2.97 bits per heavy atom. The molecule has 1 aliphatic heterocycles. The molecule has 1 atom stereocenters. The van der Waals surface area contributed by atoms with E-state index in [0.29, 0.717) is 16.8 Å². The molecule has 1 amide bonds. The Hall–Kier alpha value is -2.97. The highest BCUT2D eigenvalue weighted by Gasteiger charge is 2.30. The van der Waals surface area contributed by atoms with Crippen LogP contribution in [0.3, 0.4) is 0 Å². The third-order valence-electron chi connectivity index (χ3n) is 5.70. The minimum atomic E-state index is -0.167. The van der Waals surface area contributed by atoms with Crippen molar-refractivity contribution in [3.8, 4) is 16.2 Å². The number of methoxy groups -OCH3 is 1. The van der Waals surface area contributed by atoms with E-state index in [4.69, 9.17) is 4.74 Å². The van der Waals surface area contributed by atoms with Gasteiger partial charge in [-0.1, -0.05) is 18.2 Å². The number of thiophene rings is 2. The zero-order valence-corrected chi connectivity index (χ0v) is 18.6. The number of ether oxygens (including phenoxy) is 1. The van der Waals surface area contributed by atoms with Crippen molar-refractivity contribution in [2.45, 2.75) is 25.4 Å². The number of carbonyl (C=O) groups is 1. The van der Waals surface area contributed by atoms with Crippen molar-refractivity contribution in [3.63, 3.8) is 0 Å². The molecule has 158 valence electrons. The molecule has 4 heterocycles. The number of fused-ring (bicyclic) bond motifs is 1. The van der Waals surface area contributed by atoms with Gasteiger partial charge in [0.1, 0.15) is 17.1 Å². The van der Waals surface area contributed by atoms with Gasteiger partial charge in [0.2, 0.25) is 5.91 Å². The van der Waals surface area contributed by atoms with Gasteiger partial charge in [-0.3, -0.25) is 14.2 Å². The van der Waals surface area contributed by atoms with Gasteiger partial charge < -0.3 is 9.64 Å². The Morgan fingerprint density at radius 2 is 2.16 bits per heavy atom. The summed E-state index contributed by atoms with van der Waals surface area (Å²) in [5, 5.41) is 4.55. The molecule has 0 saturated carbocycles. The van der Waals surface area contributed by atoms with Crippen LogP contribution in [0.4, 0.5) is 0 Å². The zero-order chi connectivity index (χ0) is 21.4. The van der Waals surface area contributed by atoms with Crippen molar-refractivity contribution >= 4 is 38.8 Å². The van der Waals surface area contributed by atoms with Crippen LogP contribution in [-0.2, 0) is 11.3 Å². The van der Waals surface area contributed by atoms with E-state index in [9.17, 15) is 9.59 Å². The van der Waals surface area contributed by atoms with Crippen molar-refractivity contribution in [1.82, 2.24) is 14.5 Å². The van der Waals surface area contributed by atoms with Crippen LogP contribution >= 0.6 is 22.7 Å². The maximum atomic E-state index is 13.2. The second kappa shape index (κ2) is 8.28. The number of carbonyl (C=O) groups excluding carboxylic acids is 1. The molecule has 6 nitrogen and oxygen atoms in total. The molecule has 1 fully saturated rings. The number of nitrogens with zero attached hydrogens (tertiary/aromatic N) is 3. The molecule has 1 aromatic carbocycles. The van der Waals surface area contributed by atoms with Crippen LogP contribution < -0.4 is 10.3 Å². The van der Waals surface area contributed by atoms with Crippen molar-refractivity contribution in [3.05, 3.63) is 69.4 Å². The lowest BCUT2D eigenvalue weighted by atomic mass is 10.0. The number of amides is 1. The summed E-state index contributed by atoms with van der Waals surface area (Å²) in [6, 6.07) is 11.8. The summed E-state index contributed by atoms with van der Waals surface area (Å²) in [6.07, 6.45) is 3.33. The van der Waals surface area contributed by atoms with Crippen molar-refractivity contribution in [1.29, 1.82) is 0 Å². The highest BCUT2D eigenvalue weighted by molar-refractivity contribution is 7.18. The van der Waals surface area contributed by atoms with Crippen LogP contribution in [0.15, 0.2) is 58.3 Å². The highest BCUT2D eigenvalue weighted by atomic mass is 32.1. The molecular formula is C23H21N3O3S2. The highest BCUT2D eigenvalue weighted by Crippen LogP contribution is 2.35. The van der Waals surface area contributed by atoms with Gasteiger partial charge in [0.15, 0.2) is 0 Å². The Morgan fingerprint density at radius 1 is 1.26 bits per heavy atom. The largest absolute Gasteiger partial charge is 0.497 e. The van der Waals surface area contributed by atoms with Crippen LogP contribution in [-0.4, -0.2) is 34.0 Å². The fraction of sp³-hybridized carbons (Fsp3) is 0.261. The van der Waals surface area contributed by atoms with Gasteiger partial charge in [-0.15, -0.1) is 22.7 Å². The van der Waals surface area contributed by atoms with E-state index in [1.165, 1.54) is 22.2 Å². The fourth-order valence-electron chi connectivity index (χ4n) is 4.19. The van der Waals surface area contributed by atoms with Gasteiger partial charge in [-0.25, -0.2) is 4.98 Å². The zero-order valence-electron chi connectivity index (χ0n) is 17.0. The van der Waals surface area contributed by atoms with Gasteiger partial charge in [-0.05, 0) is 42.0 Å². The first-order chi connectivity index (χ1) is 15.2. The standard InChI is InChI=1S/C23H21N3O3S2/c1-29-16-6-2-5-15(11-16)18-7-3-9-26(18)20(27)12-25-14-24-22-21(23(25)28)17(13-31-22)19-8-4-10-30-19/h2,4-6,8,10-11,13-14,18H,3,7,9,12H2,1H3. The lowest BCUT2D eigenvalue weighted by Crippen LogP contribution is -2.36. The molecule has 31 heavy (non-hydrogen) atoms. The van der Waals surface area contributed by atoms with Crippen LogP contribution in [0, 0.1) is 0 Å². The lowest BCUT2D eigenvalue weighted by Gasteiger charge is -2.25. The second-order valence-electron chi connectivity index (χ2n) is 7.51.